The number of H-pyrrole nitrogens is 1. The zero-order chi connectivity index (χ0) is 14.9. The number of nitrogens with one attached hydrogen (secondary N) is 1. The Labute approximate surface area is 123 Å². The molecule has 0 spiro atoms. The van der Waals surface area contributed by atoms with Crippen LogP contribution in [0.25, 0.3) is 11.1 Å². The Bertz CT molecular complexity index is 843. The third kappa shape index (κ3) is 2.21. The van der Waals surface area contributed by atoms with Crippen LogP contribution in [-0.2, 0) is 0 Å². The minimum atomic E-state index is -0.676. The largest absolute Gasteiger partial charge is 0.384 e. The van der Waals surface area contributed by atoms with E-state index in [0.29, 0.717) is 10.6 Å². The number of nitrogens with two attached hydrogens (primary N) is 1. The summed E-state index contributed by atoms with van der Waals surface area (Å²) in [5, 5.41) is 18.9. The molecule has 0 unspecified atom stereocenters. The van der Waals surface area contributed by atoms with E-state index in [4.69, 9.17) is 34.2 Å². The fourth-order valence-electron chi connectivity index (χ4n) is 1.80. The van der Waals surface area contributed by atoms with Gasteiger partial charge in [0.1, 0.15) is 29.1 Å². The van der Waals surface area contributed by atoms with Crippen LogP contribution in [0, 0.1) is 22.7 Å². The molecular weight excluding hydrogens is 299 g/mol. The highest BCUT2D eigenvalue weighted by Gasteiger charge is 2.19. The van der Waals surface area contributed by atoms with E-state index in [1.165, 1.54) is 12.1 Å². The van der Waals surface area contributed by atoms with Gasteiger partial charge in [-0.05, 0) is 12.1 Å². The summed E-state index contributed by atoms with van der Waals surface area (Å²) in [4.78, 5) is 14.0. The van der Waals surface area contributed by atoms with Gasteiger partial charge in [0, 0.05) is 21.2 Å². The normalized spacial score (nSPS) is 9.80. The lowest BCUT2D eigenvalue weighted by Crippen LogP contribution is -2.16. The van der Waals surface area contributed by atoms with Crippen molar-refractivity contribution in [1.29, 1.82) is 10.5 Å². The maximum absolute atomic E-state index is 11.8. The van der Waals surface area contributed by atoms with Crippen LogP contribution in [0.3, 0.4) is 0 Å². The van der Waals surface area contributed by atoms with Crippen LogP contribution in [0.1, 0.15) is 11.1 Å². The molecule has 2 rings (SSSR count). The number of benzene rings is 1. The van der Waals surface area contributed by atoms with Gasteiger partial charge in [0.25, 0.3) is 5.56 Å². The molecule has 0 saturated carbocycles. The van der Waals surface area contributed by atoms with Crippen LogP contribution in [0.5, 0.6) is 0 Å². The number of rotatable bonds is 1. The van der Waals surface area contributed by atoms with Crippen molar-refractivity contribution in [1.82, 2.24) is 4.98 Å². The zero-order valence-corrected chi connectivity index (χ0v) is 11.4. The molecule has 20 heavy (non-hydrogen) atoms. The van der Waals surface area contributed by atoms with Crippen molar-refractivity contribution in [2.24, 2.45) is 0 Å². The van der Waals surface area contributed by atoms with E-state index in [0.717, 1.165) is 0 Å². The Kier molecular flexibility index (Phi) is 3.67. The summed E-state index contributed by atoms with van der Waals surface area (Å²) in [5.41, 5.74) is 5.17. The van der Waals surface area contributed by atoms with Gasteiger partial charge in [-0.2, -0.15) is 10.5 Å². The van der Waals surface area contributed by atoms with E-state index in [1.54, 1.807) is 12.1 Å². The number of anilines is 1. The second-order valence-electron chi connectivity index (χ2n) is 3.84. The lowest BCUT2D eigenvalue weighted by atomic mass is 9.96. The van der Waals surface area contributed by atoms with E-state index in [2.05, 4.69) is 4.98 Å². The van der Waals surface area contributed by atoms with Gasteiger partial charge in [0.15, 0.2) is 0 Å². The van der Waals surface area contributed by atoms with Crippen molar-refractivity contribution in [3.8, 4) is 23.3 Å². The molecule has 7 heteroatoms. The lowest BCUT2D eigenvalue weighted by molar-refractivity contribution is 1.21. The summed E-state index contributed by atoms with van der Waals surface area (Å²) < 4.78 is 0. The Hall–Kier alpha value is -2.47. The fourth-order valence-corrected chi connectivity index (χ4v) is 2.31. The second-order valence-corrected chi connectivity index (χ2v) is 4.68. The van der Waals surface area contributed by atoms with Gasteiger partial charge in [-0.15, -0.1) is 0 Å². The van der Waals surface area contributed by atoms with Crippen LogP contribution in [0.15, 0.2) is 23.0 Å². The van der Waals surface area contributed by atoms with Gasteiger partial charge < -0.3 is 10.7 Å². The summed E-state index contributed by atoms with van der Waals surface area (Å²) >= 11 is 11.9. The Morgan fingerprint density at radius 3 is 2.35 bits per heavy atom. The second kappa shape index (κ2) is 5.26. The molecule has 0 bridgehead atoms. The lowest BCUT2D eigenvalue weighted by Gasteiger charge is -2.10. The highest BCUT2D eigenvalue weighted by molar-refractivity contribution is 6.36. The number of hydrogen-bond acceptors (Lipinski definition) is 4. The van der Waals surface area contributed by atoms with Gasteiger partial charge in [-0.1, -0.05) is 29.3 Å². The predicted octanol–water partition coefficient (Wildman–Crippen LogP) is 2.67. The molecule has 1 aromatic heterocycles. The average Bonchev–Trinajstić information content (AvgIpc) is 2.38. The Morgan fingerprint density at radius 1 is 1.15 bits per heavy atom. The van der Waals surface area contributed by atoms with Crippen LogP contribution in [-0.4, -0.2) is 4.98 Å². The molecule has 0 aliphatic rings. The van der Waals surface area contributed by atoms with Gasteiger partial charge in [-0.3, -0.25) is 4.79 Å². The van der Waals surface area contributed by atoms with Gasteiger partial charge in [0.2, 0.25) is 0 Å². The van der Waals surface area contributed by atoms with Crippen LogP contribution in [0.4, 0.5) is 5.82 Å². The Morgan fingerprint density at radius 2 is 1.80 bits per heavy atom. The maximum Gasteiger partial charge on any atom is 0.268 e. The predicted molar refractivity (Wildman–Crippen MR) is 76.4 cm³/mol. The minimum Gasteiger partial charge on any atom is -0.384 e. The first-order chi connectivity index (χ1) is 9.49. The first-order valence-electron chi connectivity index (χ1n) is 5.31. The molecular formula is C13H6Cl2N4O. The highest BCUT2D eigenvalue weighted by atomic mass is 35.5. The van der Waals surface area contributed by atoms with E-state index >= 15 is 0 Å². The van der Waals surface area contributed by atoms with Crippen LogP contribution < -0.4 is 11.3 Å². The van der Waals surface area contributed by atoms with Gasteiger partial charge >= 0.3 is 0 Å². The molecule has 0 atom stereocenters. The zero-order valence-electron chi connectivity index (χ0n) is 9.87. The summed E-state index contributed by atoms with van der Waals surface area (Å²) in [6, 6.07) is 8.16. The first kappa shape index (κ1) is 14.0. The topological polar surface area (TPSA) is 106 Å². The van der Waals surface area contributed by atoms with Gasteiger partial charge in [-0.25, -0.2) is 0 Å². The number of pyridine rings is 1. The molecule has 2 aromatic rings. The van der Waals surface area contributed by atoms with E-state index in [9.17, 15) is 10.1 Å². The number of aromatic nitrogens is 1. The number of hydrogen-bond donors (Lipinski definition) is 2. The molecule has 0 aliphatic heterocycles. The van der Waals surface area contributed by atoms with E-state index in [-0.39, 0.29) is 27.5 Å². The summed E-state index contributed by atoms with van der Waals surface area (Å²) in [6.07, 6.45) is 0. The number of nitriles is 2. The van der Waals surface area contributed by atoms with Crippen LogP contribution in [0.2, 0.25) is 10.0 Å². The number of halogens is 2. The molecule has 0 fully saturated rings. The SMILES string of the molecule is N#Cc1c(N)[nH]c(=O)c(C#N)c1-c1ccc(Cl)cc1Cl. The first-order valence-corrected chi connectivity index (χ1v) is 6.06. The third-order valence-corrected chi connectivity index (χ3v) is 3.22. The summed E-state index contributed by atoms with van der Waals surface area (Å²) in [5.74, 6) is -0.113. The molecule has 0 radical (unpaired) electrons. The van der Waals surface area contributed by atoms with Crippen molar-refractivity contribution in [3.63, 3.8) is 0 Å². The number of nitrogen functional groups attached to an aromatic ring is 1. The Balaban J connectivity index is 2.97. The smallest absolute Gasteiger partial charge is 0.268 e. The molecule has 0 saturated heterocycles. The number of nitrogens with zero attached hydrogens (tertiary/aromatic N) is 2. The molecule has 0 aliphatic carbocycles. The standard InChI is InChI=1S/C13H6Cl2N4O/c14-6-1-2-7(10(15)3-6)11-8(4-16)12(18)19-13(20)9(11)5-17/h1-3H,(H3,18,19,20). The molecule has 98 valence electrons. The molecule has 5 nitrogen and oxygen atoms in total. The fraction of sp³-hybridized carbons (Fsp3) is 0. The van der Waals surface area contributed by atoms with Crippen molar-refractivity contribution >= 4 is 29.0 Å². The number of aromatic amines is 1. The van der Waals surface area contributed by atoms with Crippen molar-refractivity contribution < 1.29 is 0 Å². The van der Waals surface area contributed by atoms with Crippen molar-refractivity contribution in [2.75, 3.05) is 5.73 Å². The molecule has 1 aromatic carbocycles. The maximum atomic E-state index is 11.8. The molecule has 1 heterocycles. The molecule has 0 amide bonds. The third-order valence-electron chi connectivity index (χ3n) is 2.67. The quantitative estimate of drug-likeness (QED) is 0.844. The van der Waals surface area contributed by atoms with E-state index < -0.39 is 5.56 Å². The monoisotopic (exact) mass is 304 g/mol. The van der Waals surface area contributed by atoms with Crippen molar-refractivity contribution in [3.05, 3.63) is 49.7 Å². The van der Waals surface area contributed by atoms with E-state index in [1.807, 2.05) is 6.07 Å². The average molecular weight is 305 g/mol. The summed E-state index contributed by atoms with van der Waals surface area (Å²) in [7, 11) is 0. The van der Waals surface area contributed by atoms with Gasteiger partial charge in [0.05, 0.1) is 0 Å². The molecule has 3 N–H and O–H groups in total. The van der Waals surface area contributed by atoms with Crippen molar-refractivity contribution in [2.45, 2.75) is 0 Å². The summed E-state index contributed by atoms with van der Waals surface area (Å²) in [6.45, 7) is 0. The highest BCUT2D eigenvalue weighted by Crippen LogP contribution is 2.34. The minimum absolute atomic E-state index is 0.00891. The van der Waals surface area contributed by atoms with Crippen LogP contribution >= 0.6 is 23.2 Å².